The summed E-state index contributed by atoms with van der Waals surface area (Å²) in [5.74, 6) is 1.98. The number of aromatic nitrogens is 4. The molecule has 3 aromatic heterocycles. The van der Waals surface area contributed by atoms with Crippen molar-refractivity contribution >= 4 is 39.0 Å². The molecule has 5 aromatic rings. The van der Waals surface area contributed by atoms with Crippen LogP contribution in [0.15, 0.2) is 73.4 Å². The van der Waals surface area contributed by atoms with Crippen molar-refractivity contribution in [1.82, 2.24) is 19.9 Å². The number of hydrogen-bond acceptors (Lipinski definition) is 7. The summed E-state index contributed by atoms with van der Waals surface area (Å²) in [6.45, 7) is 1.20. The Kier molecular flexibility index (Phi) is 5.63. The average molecular weight is 441 g/mol. The molecule has 3 heterocycles. The summed E-state index contributed by atoms with van der Waals surface area (Å²) >= 11 is 0. The average Bonchev–Trinajstić information content (AvgIpc) is 3.32. The van der Waals surface area contributed by atoms with Crippen LogP contribution < -0.4 is 19.7 Å². The van der Waals surface area contributed by atoms with Crippen LogP contribution in [0.25, 0.3) is 21.8 Å². The van der Waals surface area contributed by atoms with Gasteiger partial charge in [-0.15, -0.1) is 0 Å². The molecule has 0 aliphatic rings. The monoisotopic (exact) mass is 440 g/mol. The zero-order valence-electron chi connectivity index (χ0n) is 18.4. The standard InChI is InChI=1S/C25H24N6O2/c1-31(19-6-8-26-9-7-19)11-12-33-24-15-22-20(14-23(24)32-2)25(29-16-28-22)30-18-4-3-17-5-10-27-21(17)13-18/h3-10,13-16,27H,11-12H2,1-2H3,(H,28,29,30). The van der Waals surface area contributed by atoms with E-state index in [0.717, 1.165) is 33.2 Å². The van der Waals surface area contributed by atoms with Gasteiger partial charge in [-0.1, -0.05) is 6.07 Å². The van der Waals surface area contributed by atoms with E-state index in [1.807, 2.05) is 49.6 Å². The first-order valence-electron chi connectivity index (χ1n) is 10.6. The molecule has 5 rings (SSSR count). The Morgan fingerprint density at radius 3 is 2.73 bits per heavy atom. The first-order valence-corrected chi connectivity index (χ1v) is 10.6. The summed E-state index contributed by atoms with van der Waals surface area (Å²) in [7, 11) is 3.65. The number of nitrogens with zero attached hydrogens (tertiary/aromatic N) is 4. The van der Waals surface area contributed by atoms with Crippen molar-refractivity contribution in [3.63, 3.8) is 0 Å². The third kappa shape index (κ3) is 4.36. The zero-order valence-corrected chi connectivity index (χ0v) is 18.4. The lowest BCUT2D eigenvalue weighted by molar-refractivity contribution is 0.301. The maximum atomic E-state index is 6.06. The van der Waals surface area contributed by atoms with Crippen molar-refractivity contribution in [1.29, 1.82) is 0 Å². The fourth-order valence-corrected chi connectivity index (χ4v) is 3.72. The molecule has 0 atom stereocenters. The molecule has 33 heavy (non-hydrogen) atoms. The van der Waals surface area contributed by atoms with Crippen molar-refractivity contribution in [3.8, 4) is 11.5 Å². The molecule has 0 fully saturated rings. The Hall–Kier alpha value is -4.33. The third-order valence-electron chi connectivity index (χ3n) is 5.53. The Labute approximate surface area is 191 Å². The van der Waals surface area contributed by atoms with Crippen LogP contribution in [0.3, 0.4) is 0 Å². The summed E-state index contributed by atoms with van der Waals surface area (Å²) in [6.07, 6.45) is 7.03. The minimum Gasteiger partial charge on any atom is -0.493 e. The quantitative estimate of drug-likeness (QED) is 0.359. The van der Waals surface area contributed by atoms with Crippen molar-refractivity contribution in [2.75, 3.05) is 37.5 Å². The summed E-state index contributed by atoms with van der Waals surface area (Å²) in [4.78, 5) is 18.3. The number of pyridine rings is 1. The highest BCUT2D eigenvalue weighted by Crippen LogP contribution is 2.35. The van der Waals surface area contributed by atoms with Crippen LogP contribution in [0.1, 0.15) is 0 Å². The second-order valence-corrected chi connectivity index (χ2v) is 7.62. The second-order valence-electron chi connectivity index (χ2n) is 7.62. The van der Waals surface area contributed by atoms with E-state index >= 15 is 0 Å². The molecule has 0 saturated heterocycles. The SMILES string of the molecule is COc1cc2c(Nc3ccc4cc[nH]c4c3)ncnc2cc1OCCN(C)c1ccncc1. The molecule has 2 aromatic carbocycles. The van der Waals surface area contributed by atoms with E-state index in [4.69, 9.17) is 9.47 Å². The first-order chi connectivity index (χ1) is 16.2. The van der Waals surface area contributed by atoms with Crippen molar-refractivity contribution in [2.24, 2.45) is 0 Å². The van der Waals surface area contributed by atoms with Crippen LogP contribution in [0.2, 0.25) is 0 Å². The minimum atomic E-state index is 0.493. The fourth-order valence-electron chi connectivity index (χ4n) is 3.72. The van der Waals surface area contributed by atoms with E-state index in [2.05, 4.69) is 42.3 Å². The molecule has 2 N–H and O–H groups in total. The van der Waals surface area contributed by atoms with Gasteiger partial charge in [0.2, 0.25) is 0 Å². The van der Waals surface area contributed by atoms with E-state index in [9.17, 15) is 0 Å². The Morgan fingerprint density at radius 2 is 1.88 bits per heavy atom. The molecule has 0 unspecified atom stereocenters. The van der Waals surface area contributed by atoms with Crippen LogP contribution in [-0.2, 0) is 0 Å². The highest BCUT2D eigenvalue weighted by Gasteiger charge is 2.13. The topological polar surface area (TPSA) is 88.2 Å². The van der Waals surface area contributed by atoms with E-state index in [1.54, 1.807) is 25.8 Å². The normalized spacial score (nSPS) is 11.0. The second kappa shape index (κ2) is 9.04. The van der Waals surface area contributed by atoms with Crippen LogP contribution in [-0.4, -0.2) is 47.2 Å². The molecule has 0 bridgehead atoms. The fraction of sp³-hybridized carbons (Fsp3) is 0.160. The molecule has 0 radical (unpaired) electrons. The maximum Gasteiger partial charge on any atom is 0.163 e. The number of nitrogens with one attached hydrogen (secondary N) is 2. The number of aromatic amines is 1. The molecule has 0 amide bonds. The molecule has 0 aliphatic carbocycles. The lowest BCUT2D eigenvalue weighted by atomic mass is 10.2. The number of rotatable bonds is 8. The molecular formula is C25H24N6O2. The molecule has 0 spiro atoms. The Morgan fingerprint density at radius 1 is 1.00 bits per heavy atom. The van der Waals surface area contributed by atoms with Crippen molar-refractivity contribution in [2.45, 2.75) is 0 Å². The Bertz CT molecular complexity index is 1390. The highest BCUT2D eigenvalue weighted by molar-refractivity contribution is 5.94. The van der Waals surface area contributed by atoms with Gasteiger partial charge in [0.15, 0.2) is 11.5 Å². The largest absolute Gasteiger partial charge is 0.493 e. The summed E-state index contributed by atoms with van der Waals surface area (Å²) < 4.78 is 11.7. The van der Waals surface area contributed by atoms with Gasteiger partial charge in [0.05, 0.1) is 19.2 Å². The molecular weight excluding hydrogens is 416 g/mol. The predicted molar refractivity (Wildman–Crippen MR) is 131 cm³/mol. The van der Waals surface area contributed by atoms with Gasteiger partial charge in [-0.05, 0) is 41.8 Å². The number of benzene rings is 2. The molecule has 0 saturated carbocycles. The first kappa shape index (κ1) is 20.6. The van der Waals surface area contributed by atoms with Crippen LogP contribution in [0.5, 0.6) is 11.5 Å². The number of fused-ring (bicyclic) bond motifs is 2. The summed E-state index contributed by atoms with van der Waals surface area (Å²) in [6, 6.07) is 15.9. The molecule has 8 nitrogen and oxygen atoms in total. The van der Waals surface area contributed by atoms with Crippen LogP contribution >= 0.6 is 0 Å². The van der Waals surface area contributed by atoms with E-state index in [1.165, 1.54) is 0 Å². The lowest BCUT2D eigenvalue weighted by Crippen LogP contribution is -2.23. The predicted octanol–water partition coefficient (Wildman–Crippen LogP) is 4.77. The summed E-state index contributed by atoms with van der Waals surface area (Å²) in [5.41, 5.74) is 3.85. The molecule has 166 valence electrons. The van der Waals surface area contributed by atoms with Gasteiger partial charge in [-0.2, -0.15) is 0 Å². The number of hydrogen-bond donors (Lipinski definition) is 2. The van der Waals surface area contributed by atoms with Gasteiger partial charge in [-0.3, -0.25) is 4.98 Å². The van der Waals surface area contributed by atoms with Gasteiger partial charge in [-0.25, -0.2) is 9.97 Å². The smallest absolute Gasteiger partial charge is 0.163 e. The van der Waals surface area contributed by atoms with E-state index in [-0.39, 0.29) is 0 Å². The molecule has 8 heteroatoms. The van der Waals surface area contributed by atoms with Gasteiger partial charge < -0.3 is 24.7 Å². The Balaban J connectivity index is 1.36. The van der Waals surface area contributed by atoms with Crippen LogP contribution in [0.4, 0.5) is 17.2 Å². The maximum absolute atomic E-state index is 6.06. The number of methoxy groups -OCH3 is 1. The molecule has 0 aliphatic heterocycles. The summed E-state index contributed by atoms with van der Waals surface area (Å²) in [5, 5.41) is 5.40. The van der Waals surface area contributed by atoms with Crippen molar-refractivity contribution < 1.29 is 9.47 Å². The third-order valence-corrected chi connectivity index (χ3v) is 5.53. The van der Waals surface area contributed by atoms with Gasteiger partial charge in [0, 0.05) is 54.0 Å². The minimum absolute atomic E-state index is 0.493. The number of likely N-dealkylation sites (N-methyl/N-ethyl adjacent to an activating group) is 1. The number of H-pyrrole nitrogens is 1. The van der Waals surface area contributed by atoms with E-state index in [0.29, 0.717) is 30.5 Å². The number of ether oxygens (including phenoxy) is 2. The van der Waals surface area contributed by atoms with Crippen molar-refractivity contribution in [3.05, 3.63) is 73.4 Å². The zero-order chi connectivity index (χ0) is 22.6. The van der Waals surface area contributed by atoms with Crippen LogP contribution in [0, 0.1) is 0 Å². The number of anilines is 3. The van der Waals surface area contributed by atoms with Gasteiger partial charge in [0.25, 0.3) is 0 Å². The van der Waals surface area contributed by atoms with E-state index < -0.39 is 0 Å². The lowest BCUT2D eigenvalue weighted by Gasteiger charge is -2.20. The van der Waals surface area contributed by atoms with Gasteiger partial charge in [0.1, 0.15) is 18.8 Å². The van der Waals surface area contributed by atoms with Gasteiger partial charge >= 0.3 is 0 Å². The highest BCUT2D eigenvalue weighted by atomic mass is 16.5.